The summed E-state index contributed by atoms with van der Waals surface area (Å²) in [6, 6.07) is 2.61. The molecule has 2 N–H and O–H groups in total. The molecule has 6 nitrogen and oxygen atoms in total. The molecule has 0 bridgehead atoms. The Kier molecular flexibility index (Phi) is 9.42. The van der Waals surface area contributed by atoms with E-state index in [0.717, 1.165) is 25.6 Å². The molecule has 0 aliphatic rings. The Morgan fingerprint density at radius 2 is 1.91 bits per heavy atom. The molecule has 178 valence electrons. The summed E-state index contributed by atoms with van der Waals surface area (Å²) in [6.07, 6.45) is -3.09. The summed E-state index contributed by atoms with van der Waals surface area (Å²) in [5.41, 5.74) is -0.572. The van der Waals surface area contributed by atoms with Crippen LogP contribution in [0.5, 0.6) is 5.75 Å². The fraction of sp³-hybridized carbons (Fsp3) is 0.524. The number of nitrogens with one attached hydrogen (secondary N) is 2. The van der Waals surface area contributed by atoms with Crippen LogP contribution in [0.15, 0.2) is 18.3 Å². The minimum Gasteiger partial charge on any atom is -0.489 e. The number of rotatable bonds is 12. The first-order valence-electron chi connectivity index (χ1n) is 10.4. The minimum atomic E-state index is -4.64. The first kappa shape index (κ1) is 25.6. The first-order valence-corrected chi connectivity index (χ1v) is 10.4. The fourth-order valence-electron chi connectivity index (χ4n) is 3.06. The number of nitrogens with zero attached hydrogens (tertiary/aromatic N) is 3. The van der Waals surface area contributed by atoms with Crippen molar-refractivity contribution in [2.24, 2.45) is 0 Å². The van der Waals surface area contributed by atoms with Gasteiger partial charge in [-0.25, -0.2) is 13.8 Å². The highest BCUT2D eigenvalue weighted by atomic mass is 19.4. The fourth-order valence-corrected chi connectivity index (χ4v) is 3.06. The summed E-state index contributed by atoms with van der Waals surface area (Å²) in [5.74, 6) is -0.972. The van der Waals surface area contributed by atoms with Gasteiger partial charge in [-0.2, -0.15) is 18.2 Å². The Hall–Kier alpha value is -2.69. The maximum Gasteiger partial charge on any atom is 0.421 e. The molecule has 2 aromatic rings. The van der Waals surface area contributed by atoms with Crippen LogP contribution in [0.3, 0.4) is 0 Å². The van der Waals surface area contributed by atoms with Gasteiger partial charge >= 0.3 is 6.18 Å². The summed E-state index contributed by atoms with van der Waals surface area (Å²) >= 11 is 0. The molecule has 0 amide bonds. The average Bonchev–Trinajstić information content (AvgIpc) is 2.73. The van der Waals surface area contributed by atoms with Gasteiger partial charge in [-0.05, 0) is 32.5 Å². The van der Waals surface area contributed by atoms with Crippen molar-refractivity contribution in [1.29, 1.82) is 0 Å². The highest BCUT2D eigenvalue weighted by Gasteiger charge is 2.35. The molecule has 11 heteroatoms. The third kappa shape index (κ3) is 6.91. The lowest BCUT2D eigenvalue weighted by Gasteiger charge is -2.21. The SMILES string of the molecule is CCCN(CC)Cc1cc(OCCF)c(Nc2ncc(C(F)(F)F)c(NCC)n2)cc1F. The number of ether oxygens (including phenoxy) is 1. The maximum atomic E-state index is 14.8. The van der Waals surface area contributed by atoms with Crippen LogP contribution in [0, 0.1) is 5.82 Å². The average molecular weight is 461 g/mol. The van der Waals surface area contributed by atoms with E-state index in [1.807, 2.05) is 18.7 Å². The van der Waals surface area contributed by atoms with Crippen LogP contribution in [0.4, 0.5) is 39.4 Å². The molecule has 2 rings (SSSR count). The van der Waals surface area contributed by atoms with Crippen molar-refractivity contribution in [3.05, 3.63) is 35.3 Å². The summed E-state index contributed by atoms with van der Waals surface area (Å²) < 4.78 is 72.4. The van der Waals surface area contributed by atoms with Crippen molar-refractivity contribution in [1.82, 2.24) is 14.9 Å². The first-order chi connectivity index (χ1) is 15.2. The molecule has 1 heterocycles. The van der Waals surface area contributed by atoms with Crippen molar-refractivity contribution < 1.29 is 26.7 Å². The molecular weight excluding hydrogens is 433 g/mol. The molecule has 32 heavy (non-hydrogen) atoms. The molecule has 1 aromatic carbocycles. The molecule has 0 radical (unpaired) electrons. The van der Waals surface area contributed by atoms with Crippen LogP contribution in [-0.2, 0) is 12.7 Å². The van der Waals surface area contributed by atoms with Crippen molar-refractivity contribution in [2.45, 2.75) is 39.9 Å². The summed E-state index contributed by atoms with van der Waals surface area (Å²) in [7, 11) is 0. The van der Waals surface area contributed by atoms with Crippen LogP contribution in [-0.4, -0.2) is 47.8 Å². The number of hydrogen-bond donors (Lipinski definition) is 2. The Bertz CT molecular complexity index is 878. The van der Waals surface area contributed by atoms with E-state index >= 15 is 0 Å². The smallest absolute Gasteiger partial charge is 0.421 e. The number of benzene rings is 1. The van der Waals surface area contributed by atoms with E-state index in [-0.39, 0.29) is 30.5 Å². The second kappa shape index (κ2) is 11.8. The molecule has 1 aromatic heterocycles. The molecule has 0 unspecified atom stereocenters. The van der Waals surface area contributed by atoms with Gasteiger partial charge in [0.1, 0.15) is 36.2 Å². The van der Waals surface area contributed by atoms with Crippen LogP contribution in [0.1, 0.15) is 38.3 Å². The van der Waals surface area contributed by atoms with Crippen LogP contribution < -0.4 is 15.4 Å². The number of hydrogen-bond acceptors (Lipinski definition) is 6. The normalized spacial score (nSPS) is 11.7. The van der Waals surface area contributed by atoms with Gasteiger partial charge in [0.05, 0.1) is 5.69 Å². The zero-order chi connectivity index (χ0) is 23.7. The topological polar surface area (TPSA) is 62.3 Å². The Balaban J connectivity index is 2.39. The van der Waals surface area contributed by atoms with Crippen molar-refractivity contribution in [3.63, 3.8) is 0 Å². The molecule has 0 atom stereocenters. The largest absolute Gasteiger partial charge is 0.489 e. The minimum absolute atomic E-state index is 0.0837. The van der Waals surface area contributed by atoms with Gasteiger partial charge in [0.15, 0.2) is 0 Å². The van der Waals surface area contributed by atoms with Gasteiger partial charge in [0, 0.05) is 30.9 Å². The molecule has 0 saturated carbocycles. The maximum absolute atomic E-state index is 14.8. The molecule has 0 spiro atoms. The number of anilines is 3. The zero-order valence-electron chi connectivity index (χ0n) is 18.3. The van der Waals surface area contributed by atoms with Gasteiger partial charge in [-0.15, -0.1) is 0 Å². The third-order valence-corrected chi connectivity index (χ3v) is 4.55. The molecule has 0 aliphatic carbocycles. The highest BCUT2D eigenvalue weighted by molar-refractivity contribution is 5.65. The van der Waals surface area contributed by atoms with Crippen molar-refractivity contribution in [3.8, 4) is 5.75 Å². The van der Waals surface area contributed by atoms with Crippen LogP contribution >= 0.6 is 0 Å². The lowest BCUT2D eigenvalue weighted by atomic mass is 10.1. The van der Waals surface area contributed by atoms with E-state index in [1.54, 1.807) is 6.92 Å². The Morgan fingerprint density at radius 1 is 1.16 bits per heavy atom. The quantitative estimate of drug-likeness (QED) is 0.414. The van der Waals surface area contributed by atoms with E-state index in [4.69, 9.17) is 4.74 Å². The standard InChI is InChI=1S/C21H28F5N5O/c1-4-8-31(6-3)13-14-10-18(32-9-7-22)17(11-16(14)23)29-20-28-12-15(21(24,25)26)19(30-20)27-5-2/h10-12H,4-9,13H2,1-3H3,(H2,27,28,29,30). The predicted octanol–water partition coefficient (Wildman–Crippen LogP) is 5.39. The van der Waals surface area contributed by atoms with Gasteiger partial charge < -0.3 is 15.4 Å². The number of alkyl halides is 4. The highest BCUT2D eigenvalue weighted by Crippen LogP contribution is 2.35. The van der Waals surface area contributed by atoms with E-state index in [1.165, 1.54) is 6.07 Å². The van der Waals surface area contributed by atoms with Crippen LogP contribution in [0.25, 0.3) is 0 Å². The summed E-state index contributed by atoms with van der Waals surface area (Å²) in [4.78, 5) is 9.62. The molecule has 0 aliphatic heterocycles. The van der Waals surface area contributed by atoms with Gasteiger partial charge in [0.25, 0.3) is 0 Å². The lowest BCUT2D eigenvalue weighted by Crippen LogP contribution is -2.24. The van der Waals surface area contributed by atoms with Crippen molar-refractivity contribution >= 4 is 17.5 Å². The van der Waals surface area contributed by atoms with Crippen LogP contribution in [0.2, 0.25) is 0 Å². The third-order valence-electron chi connectivity index (χ3n) is 4.55. The van der Waals surface area contributed by atoms with Crippen molar-refractivity contribution in [2.75, 3.05) is 43.5 Å². The predicted molar refractivity (Wildman–Crippen MR) is 114 cm³/mol. The second-order valence-corrected chi connectivity index (χ2v) is 6.95. The Labute approximate surface area is 184 Å². The van der Waals surface area contributed by atoms with Gasteiger partial charge in [-0.1, -0.05) is 13.8 Å². The van der Waals surface area contributed by atoms with Gasteiger partial charge in [-0.3, -0.25) is 4.90 Å². The van der Waals surface area contributed by atoms with E-state index < -0.39 is 30.0 Å². The molecule has 0 saturated heterocycles. The molecular formula is C21H28F5N5O. The van der Waals surface area contributed by atoms with E-state index in [2.05, 4.69) is 20.6 Å². The number of halogens is 5. The summed E-state index contributed by atoms with van der Waals surface area (Å²) in [6.45, 7) is 6.64. The number of aromatic nitrogens is 2. The summed E-state index contributed by atoms with van der Waals surface area (Å²) in [5, 5.41) is 5.24. The zero-order valence-corrected chi connectivity index (χ0v) is 18.3. The monoisotopic (exact) mass is 461 g/mol. The Morgan fingerprint density at radius 3 is 2.50 bits per heavy atom. The van der Waals surface area contributed by atoms with E-state index in [9.17, 15) is 22.0 Å². The van der Waals surface area contributed by atoms with Gasteiger partial charge in [0.2, 0.25) is 5.95 Å². The second-order valence-electron chi connectivity index (χ2n) is 6.95. The lowest BCUT2D eigenvalue weighted by molar-refractivity contribution is -0.137. The van der Waals surface area contributed by atoms with E-state index in [0.29, 0.717) is 18.3 Å². The molecule has 0 fully saturated rings.